The molecule has 0 bridgehead atoms. The van der Waals surface area contributed by atoms with E-state index in [1.807, 2.05) is 83.4 Å². The maximum Gasteiger partial charge on any atom is 0.410 e. The van der Waals surface area contributed by atoms with E-state index in [1.165, 1.54) is 0 Å². The molecular weight excluding hydrogens is 730 g/mol. The van der Waals surface area contributed by atoms with Crippen molar-refractivity contribution in [2.45, 2.75) is 148 Å². The zero-order chi connectivity index (χ0) is 41.8. The number of nitrogens with zero attached hydrogens (tertiary/aromatic N) is 5. The second kappa shape index (κ2) is 18.5. The van der Waals surface area contributed by atoms with Gasteiger partial charge in [-0.3, -0.25) is 9.78 Å². The number of fused-ring (bicyclic) bond motifs is 1. The fraction of sp³-hybridized carbons (Fsp3) is 0.698. The van der Waals surface area contributed by atoms with E-state index >= 15 is 0 Å². The van der Waals surface area contributed by atoms with E-state index in [2.05, 4.69) is 9.97 Å². The molecule has 0 spiro atoms. The van der Waals surface area contributed by atoms with Crippen LogP contribution in [-0.4, -0.2) is 129 Å². The number of carbonyl (C=O) groups is 3. The zero-order valence-corrected chi connectivity index (χ0v) is 35.7. The molecule has 3 aliphatic rings. The summed E-state index contributed by atoms with van der Waals surface area (Å²) < 4.78 is 33.6. The first-order valence-electron chi connectivity index (χ1n) is 20.5. The molecule has 5 rings (SSSR count). The number of imidazole rings is 1. The van der Waals surface area contributed by atoms with E-state index in [0.717, 1.165) is 17.7 Å². The summed E-state index contributed by atoms with van der Waals surface area (Å²) in [6.45, 7) is 15.9. The molecule has 12 atom stereocenters. The predicted octanol–water partition coefficient (Wildman–Crippen LogP) is 5.67. The highest BCUT2D eigenvalue weighted by atomic mass is 16.7. The summed E-state index contributed by atoms with van der Waals surface area (Å²) in [5.74, 6) is -2.31. The van der Waals surface area contributed by atoms with E-state index < -0.39 is 71.7 Å². The molecule has 57 heavy (non-hydrogen) atoms. The average Bonchev–Trinajstić information content (AvgIpc) is 3.75. The lowest BCUT2D eigenvalue weighted by Crippen LogP contribution is -2.59. The number of methoxy groups -OCH3 is 1. The highest BCUT2D eigenvalue weighted by Gasteiger charge is 2.60. The number of likely N-dealkylation sites (N-methyl/N-ethyl adjacent to an activating group) is 1. The van der Waals surface area contributed by atoms with Gasteiger partial charge in [0.2, 0.25) is 0 Å². The van der Waals surface area contributed by atoms with Crippen LogP contribution in [0.15, 0.2) is 48.7 Å². The van der Waals surface area contributed by atoms with Crippen LogP contribution in [-0.2, 0) is 39.8 Å². The van der Waals surface area contributed by atoms with Crippen molar-refractivity contribution in [1.29, 1.82) is 0 Å². The fourth-order valence-electron chi connectivity index (χ4n) is 9.33. The van der Waals surface area contributed by atoms with Crippen LogP contribution in [0.5, 0.6) is 0 Å². The van der Waals surface area contributed by atoms with Gasteiger partial charge in [0.1, 0.15) is 18.0 Å². The van der Waals surface area contributed by atoms with Crippen LogP contribution in [0.25, 0.3) is 11.3 Å². The van der Waals surface area contributed by atoms with E-state index in [4.69, 9.17) is 23.7 Å². The number of aromatic nitrogens is 3. The Bertz CT molecular complexity index is 1720. The molecular formula is C43H65N5O9. The van der Waals surface area contributed by atoms with E-state index in [-0.39, 0.29) is 24.3 Å². The molecule has 5 heterocycles. The Hall–Kier alpha value is -3.69. The minimum absolute atomic E-state index is 0.0780. The molecule has 0 radical (unpaired) electrons. The maximum atomic E-state index is 14.7. The molecule has 1 unspecified atom stereocenters. The van der Waals surface area contributed by atoms with Gasteiger partial charge in [-0.15, -0.1) is 0 Å². The number of aryl methyl sites for hydroxylation is 1. The van der Waals surface area contributed by atoms with Crippen LogP contribution in [0.1, 0.15) is 87.5 Å². The van der Waals surface area contributed by atoms with Gasteiger partial charge in [-0.25, -0.2) is 14.6 Å². The third-order valence-corrected chi connectivity index (χ3v) is 12.4. The van der Waals surface area contributed by atoms with E-state index in [9.17, 15) is 19.5 Å². The molecule has 0 aliphatic carbocycles. The Morgan fingerprint density at radius 2 is 1.81 bits per heavy atom. The minimum atomic E-state index is -1.31. The van der Waals surface area contributed by atoms with Gasteiger partial charge in [0.05, 0.1) is 35.9 Å². The van der Waals surface area contributed by atoms with E-state index in [0.29, 0.717) is 37.9 Å². The third kappa shape index (κ3) is 9.62. The van der Waals surface area contributed by atoms with Crippen molar-refractivity contribution < 1.29 is 43.2 Å². The zero-order valence-electron chi connectivity index (χ0n) is 35.7. The van der Waals surface area contributed by atoms with Gasteiger partial charge in [-0.05, 0) is 86.0 Å². The number of ketones is 1. The number of rotatable bonds is 11. The maximum absolute atomic E-state index is 14.7. The van der Waals surface area contributed by atoms with Crippen molar-refractivity contribution in [3.63, 3.8) is 0 Å². The van der Waals surface area contributed by atoms with Crippen molar-refractivity contribution >= 4 is 17.8 Å². The van der Waals surface area contributed by atoms with Crippen LogP contribution in [0.4, 0.5) is 4.79 Å². The molecule has 14 nitrogen and oxygen atoms in total. The number of ether oxygens (including phenoxy) is 5. The van der Waals surface area contributed by atoms with Gasteiger partial charge < -0.3 is 43.2 Å². The fourth-order valence-corrected chi connectivity index (χ4v) is 9.33. The first-order valence-corrected chi connectivity index (χ1v) is 20.5. The first kappa shape index (κ1) is 44.4. The number of aliphatic hydroxyl groups is 1. The van der Waals surface area contributed by atoms with Crippen LogP contribution < -0.4 is 0 Å². The number of hydrogen-bond acceptors (Lipinski definition) is 12. The summed E-state index contributed by atoms with van der Waals surface area (Å²) >= 11 is 0. The molecule has 2 aromatic heterocycles. The molecule has 0 saturated carbocycles. The van der Waals surface area contributed by atoms with Crippen LogP contribution in [0.3, 0.4) is 0 Å². The molecule has 2 aromatic rings. The Morgan fingerprint density at radius 1 is 1.09 bits per heavy atom. The highest BCUT2D eigenvalue weighted by molar-refractivity contribution is 5.88. The Labute approximate surface area is 338 Å². The van der Waals surface area contributed by atoms with Gasteiger partial charge in [-0.1, -0.05) is 33.8 Å². The molecule has 1 amide bonds. The van der Waals surface area contributed by atoms with Crippen LogP contribution in [0.2, 0.25) is 0 Å². The van der Waals surface area contributed by atoms with Gasteiger partial charge in [0, 0.05) is 73.7 Å². The molecule has 316 valence electrons. The van der Waals surface area contributed by atoms with Gasteiger partial charge >= 0.3 is 12.1 Å². The standard InChI is InChI=1S/C43H65N5O9/c1-12-34-43(8)37(48(41(52)57-43)19-14-13-18-47-24-32(45-25-47)31-16-15-17-44-23-31)30(6)35(49)28(4)22-42(7,53-11)38(26(2)20-27(3)39(51)55-34)56-40-36(50)33(46(9)10)21-29(5)54-40/h15-17,20,23-26,28-30,33-34,36-38,40,50H,12-14,18-19,21-22H2,1-11H3/b27-20+/t26-,28+,29+,30-,33-,34+,36+,37+,38+,40?,42+,43+/m0/s1. The van der Waals surface area contributed by atoms with Crippen LogP contribution >= 0.6 is 0 Å². The van der Waals surface area contributed by atoms with Crippen molar-refractivity contribution in [1.82, 2.24) is 24.3 Å². The number of pyridine rings is 1. The lowest BCUT2D eigenvalue weighted by atomic mass is 9.74. The summed E-state index contributed by atoms with van der Waals surface area (Å²) in [7, 11) is 5.41. The number of esters is 1. The summed E-state index contributed by atoms with van der Waals surface area (Å²) in [6, 6.07) is 2.92. The monoisotopic (exact) mass is 795 g/mol. The molecule has 1 N–H and O–H groups in total. The Balaban J connectivity index is 1.42. The number of cyclic esters (lactones) is 1. The van der Waals surface area contributed by atoms with Gasteiger partial charge in [0.25, 0.3) is 0 Å². The topological polar surface area (TPSA) is 155 Å². The molecule has 2 fully saturated rings. The molecule has 0 aromatic carbocycles. The number of hydrogen-bond donors (Lipinski definition) is 1. The quantitative estimate of drug-likeness (QED) is 0.220. The number of carbonyl (C=O) groups excluding carboxylic acids is 3. The van der Waals surface area contributed by atoms with E-state index in [1.54, 1.807) is 50.7 Å². The average molecular weight is 796 g/mol. The first-order chi connectivity index (χ1) is 26.9. The smallest absolute Gasteiger partial charge is 0.410 e. The van der Waals surface area contributed by atoms with Crippen LogP contribution in [0, 0.1) is 17.8 Å². The predicted molar refractivity (Wildman–Crippen MR) is 214 cm³/mol. The molecule has 2 saturated heterocycles. The lowest BCUT2D eigenvalue weighted by Gasteiger charge is -2.47. The number of Topliss-reactive ketones (excluding diaryl/α,β-unsaturated/α-hetero) is 1. The second-order valence-corrected chi connectivity index (χ2v) is 17.1. The number of aliphatic hydroxyl groups excluding tert-OH is 1. The van der Waals surface area contributed by atoms with Crippen molar-refractivity contribution in [2.75, 3.05) is 27.7 Å². The number of unbranched alkanes of at least 4 members (excludes halogenated alkanes) is 1. The Morgan fingerprint density at radius 3 is 2.46 bits per heavy atom. The minimum Gasteiger partial charge on any atom is -0.455 e. The second-order valence-electron chi connectivity index (χ2n) is 17.1. The largest absolute Gasteiger partial charge is 0.455 e. The van der Waals surface area contributed by atoms with Crippen molar-refractivity contribution in [3.05, 3.63) is 48.7 Å². The van der Waals surface area contributed by atoms with Gasteiger partial charge in [-0.2, -0.15) is 0 Å². The summed E-state index contributed by atoms with van der Waals surface area (Å²) in [5, 5.41) is 11.4. The summed E-state index contributed by atoms with van der Waals surface area (Å²) in [4.78, 5) is 54.8. The summed E-state index contributed by atoms with van der Waals surface area (Å²) in [6.07, 6.45) is 7.43. The SMILES string of the molecule is CC[C@H]1OC(=O)/C(C)=C/[C@H](C)[C@@H](OC2O[C@H](C)C[C@H](N(C)C)[C@H]2O)[C@](C)(OC)C[C@@H](C)C(=O)[C@H](C)[C@H]2N(CCCCn3cnc(-c4cccnc4)c3)C(=O)O[C@]12C. The molecule has 14 heteroatoms. The van der Waals surface area contributed by atoms with Crippen molar-refractivity contribution in [3.8, 4) is 11.3 Å². The van der Waals surface area contributed by atoms with Gasteiger partial charge in [0.15, 0.2) is 11.9 Å². The summed E-state index contributed by atoms with van der Waals surface area (Å²) in [5.41, 5.74) is -0.267. The molecule has 3 aliphatic heterocycles. The Kier molecular flexibility index (Phi) is 14.4. The normalized spacial score (nSPS) is 36.6. The number of amides is 1. The lowest BCUT2D eigenvalue weighted by molar-refractivity contribution is -0.294. The third-order valence-electron chi connectivity index (χ3n) is 12.4. The van der Waals surface area contributed by atoms with Crippen molar-refractivity contribution in [2.24, 2.45) is 17.8 Å². The highest BCUT2D eigenvalue weighted by Crippen LogP contribution is 2.43.